The summed E-state index contributed by atoms with van der Waals surface area (Å²) < 4.78 is 10.9. The highest BCUT2D eigenvalue weighted by atomic mass is 16.5. The molecule has 74 valence electrons. The molecule has 0 aliphatic carbocycles. The third-order valence-electron chi connectivity index (χ3n) is 2.39. The van der Waals surface area contributed by atoms with Crippen LogP contribution in [0.4, 0.5) is 0 Å². The lowest BCUT2D eigenvalue weighted by molar-refractivity contribution is 0.319. The number of methoxy groups -OCH3 is 1. The first-order valence-corrected chi connectivity index (χ1v) is 4.75. The van der Waals surface area contributed by atoms with Crippen molar-refractivity contribution in [3.05, 3.63) is 35.4 Å². The van der Waals surface area contributed by atoms with Crippen LogP contribution in [0.2, 0.25) is 0 Å². The molecule has 0 saturated heterocycles. The molecule has 0 amide bonds. The van der Waals surface area contributed by atoms with E-state index in [-0.39, 0.29) is 0 Å². The van der Waals surface area contributed by atoms with Crippen molar-refractivity contribution < 1.29 is 9.47 Å². The number of ether oxygens (including phenoxy) is 2. The minimum Gasteiger partial charge on any atom is -0.493 e. The maximum atomic E-state index is 5.69. The molecule has 0 fully saturated rings. The van der Waals surface area contributed by atoms with Crippen molar-refractivity contribution in [3.8, 4) is 11.5 Å². The average molecular weight is 190 g/mol. The summed E-state index contributed by atoms with van der Waals surface area (Å²) in [6, 6.07) is 6.00. The highest BCUT2D eigenvalue weighted by Gasteiger charge is 2.12. The molecule has 2 heteroatoms. The Bertz CT molecular complexity index is 367. The van der Waals surface area contributed by atoms with Gasteiger partial charge in [-0.3, -0.25) is 0 Å². The van der Waals surface area contributed by atoms with Gasteiger partial charge in [0.15, 0.2) is 11.5 Å². The van der Waals surface area contributed by atoms with Crippen molar-refractivity contribution in [2.75, 3.05) is 13.7 Å². The molecule has 1 aromatic carbocycles. The largest absolute Gasteiger partial charge is 0.493 e. The van der Waals surface area contributed by atoms with Gasteiger partial charge in [-0.05, 0) is 25.0 Å². The Kier molecular flexibility index (Phi) is 2.44. The Hall–Kier alpha value is -1.44. The molecule has 0 saturated carbocycles. The van der Waals surface area contributed by atoms with Crippen molar-refractivity contribution in [2.24, 2.45) is 0 Å². The number of fused-ring (bicyclic) bond motifs is 1. The van der Waals surface area contributed by atoms with Crippen LogP contribution in [-0.4, -0.2) is 13.7 Å². The van der Waals surface area contributed by atoms with Crippen LogP contribution in [0.3, 0.4) is 0 Å². The number of rotatable bonds is 1. The third-order valence-corrected chi connectivity index (χ3v) is 2.39. The molecule has 0 spiro atoms. The fourth-order valence-corrected chi connectivity index (χ4v) is 1.58. The summed E-state index contributed by atoms with van der Waals surface area (Å²) in [6.45, 7) is 2.74. The Morgan fingerprint density at radius 1 is 1.36 bits per heavy atom. The third kappa shape index (κ3) is 1.60. The molecule has 2 nitrogen and oxygen atoms in total. The molecule has 0 unspecified atom stereocenters. The SMILES string of the molecule is COc1cccc2c1OCC(C)=CC2. The number of hydrogen-bond donors (Lipinski definition) is 0. The van der Waals surface area contributed by atoms with Crippen LogP contribution in [-0.2, 0) is 6.42 Å². The molecule has 1 aromatic rings. The molecule has 14 heavy (non-hydrogen) atoms. The van der Waals surface area contributed by atoms with E-state index in [1.807, 2.05) is 12.1 Å². The molecule has 0 aromatic heterocycles. The van der Waals surface area contributed by atoms with E-state index < -0.39 is 0 Å². The van der Waals surface area contributed by atoms with Gasteiger partial charge < -0.3 is 9.47 Å². The highest BCUT2D eigenvalue weighted by Crippen LogP contribution is 2.33. The van der Waals surface area contributed by atoms with Gasteiger partial charge in [-0.25, -0.2) is 0 Å². The fraction of sp³-hybridized carbons (Fsp3) is 0.333. The van der Waals surface area contributed by atoms with E-state index in [2.05, 4.69) is 19.1 Å². The Labute approximate surface area is 84.2 Å². The fourth-order valence-electron chi connectivity index (χ4n) is 1.58. The van der Waals surface area contributed by atoms with Crippen LogP contribution < -0.4 is 9.47 Å². The van der Waals surface area contributed by atoms with E-state index in [9.17, 15) is 0 Å². The summed E-state index contributed by atoms with van der Waals surface area (Å²) in [5.74, 6) is 1.72. The van der Waals surface area contributed by atoms with Gasteiger partial charge in [-0.2, -0.15) is 0 Å². The lowest BCUT2D eigenvalue weighted by Gasteiger charge is -2.11. The van der Waals surface area contributed by atoms with Crippen molar-refractivity contribution in [2.45, 2.75) is 13.3 Å². The molecule has 1 heterocycles. The van der Waals surface area contributed by atoms with E-state index in [1.165, 1.54) is 11.1 Å². The first-order chi connectivity index (χ1) is 6.81. The van der Waals surface area contributed by atoms with Gasteiger partial charge in [0.2, 0.25) is 0 Å². The van der Waals surface area contributed by atoms with Crippen LogP contribution in [0, 0.1) is 0 Å². The van der Waals surface area contributed by atoms with E-state index in [0.29, 0.717) is 6.61 Å². The summed E-state index contributed by atoms with van der Waals surface area (Å²) in [4.78, 5) is 0. The average Bonchev–Trinajstić information content (AvgIpc) is 2.41. The number of para-hydroxylation sites is 1. The maximum absolute atomic E-state index is 5.69. The Morgan fingerprint density at radius 2 is 2.21 bits per heavy atom. The molecular formula is C12H14O2. The zero-order valence-corrected chi connectivity index (χ0v) is 8.54. The first kappa shape index (κ1) is 9.13. The highest BCUT2D eigenvalue weighted by molar-refractivity contribution is 5.48. The summed E-state index contributed by atoms with van der Waals surface area (Å²) in [5.41, 5.74) is 2.46. The molecule has 1 aliphatic heterocycles. The Morgan fingerprint density at radius 3 is 3.00 bits per heavy atom. The van der Waals surface area contributed by atoms with Crippen molar-refractivity contribution >= 4 is 0 Å². The van der Waals surface area contributed by atoms with Crippen molar-refractivity contribution in [1.82, 2.24) is 0 Å². The van der Waals surface area contributed by atoms with Gasteiger partial charge >= 0.3 is 0 Å². The molecule has 0 radical (unpaired) electrons. The zero-order valence-electron chi connectivity index (χ0n) is 8.54. The van der Waals surface area contributed by atoms with Crippen LogP contribution in [0.1, 0.15) is 12.5 Å². The van der Waals surface area contributed by atoms with E-state index in [4.69, 9.17) is 9.47 Å². The van der Waals surface area contributed by atoms with Gasteiger partial charge in [0.25, 0.3) is 0 Å². The van der Waals surface area contributed by atoms with Crippen LogP contribution in [0.25, 0.3) is 0 Å². The number of allylic oxidation sites excluding steroid dienone is 1. The first-order valence-electron chi connectivity index (χ1n) is 4.75. The summed E-state index contributed by atoms with van der Waals surface area (Å²) in [5, 5.41) is 0. The Balaban J connectivity index is 2.41. The van der Waals surface area contributed by atoms with Gasteiger partial charge in [0.05, 0.1) is 7.11 Å². The molecule has 0 bridgehead atoms. The van der Waals surface area contributed by atoms with Crippen molar-refractivity contribution in [1.29, 1.82) is 0 Å². The summed E-state index contributed by atoms with van der Waals surface area (Å²) in [6.07, 6.45) is 3.13. The second kappa shape index (κ2) is 3.74. The second-order valence-electron chi connectivity index (χ2n) is 3.49. The monoisotopic (exact) mass is 190 g/mol. The normalized spacial score (nSPS) is 14.9. The van der Waals surface area contributed by atoms with E-state index in [0.717, 1.165) is 17.9 Å². The lowest BCUT2D eigenvalue weighted by Crippen LogP contribution is -1.99. The lowest BCUT2D eigenvalue weighted by atomic mass is 10.1. The molecule has 1 aliphatic rings. The van der Waals surface area contributed by atoms with E-state index >= 15 is 0 Å². The quantitative estimate of drug-likeness (QED) is 0.634. The van der Waals surface area contributed by atoms with Crippen LogP contribution in [0.5, 0.6) is 11.5 Å². The summed E-state index contributed by atoms with van der Waals surface area (Å²) in [7, 11) is 1.67. The zero-order chi connectivity index (χ0) is 9.97. The smallest absolute Gasteiger partial charge is 0.165 e. The van der Waals surface area contributed by atoms with E-state index in [1.54, 1.807) is 7.11 Å². The minimum atomic E-state index is 0.660. The number of benzene rings is 1. The number of hydrogen-bond acceptors (Lipinski definition) is 2. The summed E-state index contributed by atoms with van der Waals surface area (Å²) >= 11 is 0. The molecular weight excluding hydrogens is 176 g/mol. The van der Waals surface area contributed by atoms with Gasteiger partial charge in [-0.1, -0.05) is 18.2 Å². The second-order valence-corrected chi connectivity index (χ2v) is 3.49. The van der Waals surface area contributed by atoms with Crippen molar-refractivity contribution in [3.63, 3.8) is 0 Å². The van der Waals surface area contributed by atoms with Gasteiger partial charge in [0.1, 0.15) is 6.61 Å². The minimum absolute atomic E-state index is 0.660. The van der Waals surface area contributed by atoms with Gasteiger partial charge in [-0.15, -0.1) is 0 Å². The maximum Gasteiger partial charge on any atom is 0.165 e. The standard InChI is InChI=1S/C12H14O2/c1-9-6-7-10-4-3-5-11(13-2)12(10)14-8-9/h3-6H,7-8H2,1-2H3. The topological polar surface area (TPSA) is 18.5 Å². The van der Waals surface area contributed by atoms with Crippen LogP contribution in [0.15, 0.2) is 29.8 Å². The molecule has 2 rings (SSSR count). The predicted molar refractivity (Wildman–Crippen MR) is 56.0 cm³/mol. The molecule has 0 N–H and O–H groups in total. The van der Waals surface area contributed by atoms with Gasteiger partial charge in [0, 0.05) is 5.56 Å². The van der Waals surface area contributed by atoms with Crippen LogP contribution >= 0.6 is 0 Å². The predicted octanol–water partition coefficient (Wildman–Crippen LogP) is 2.58. The molecule has 0 atom stereocenters.